The van der Waals surface area contributed by atoms with E-state index in [2.05, 4.69) is 24.3 Å². The fourth-order valence-corrected chi connectivity index (χ4v) is 0.875. The summed E-state index contributed by atoms with van der Waals surface area (Å²) in [6.45, 7) is 6.70. The molecule has 1 N–H and O–H groups in total. The third-order valence-corrected chi connectivity index (χ3v) is 1.30. The normalized spacial score (nSPS) is 10.7. The van der Waals surface area contributed by atoms with Gasteiger partial charge in [0.1, 0.15) is 0 Å². The zero-order chi connectivity index (χ0) is 7.11. The van der Waals surface area contributed by atoms with E-state index in [1.807, 2.05) is 7.05 Å². The van der Waals surface area contributed by atoms with Gasteiger partial charge in [0.2, 0.25) is 0 Å². The maximum Gasteiger partial charge on any atom is 0.0128 e. The third kappa shape index (κ3) is 4.43. The van der Waals surface area contributed by atoms with Crippen LogP contribution in [-0.2, 0) is 0 Å². The molecule has 0 amide bonds. The molecule has 0 aromatic carbocycles. The second-order valence-electron chi connectivity index (χ2n) is 2.21. The summed E-state index contributed by atoms with van der Waals surface area (Å²) in [5, 5.41) is 2.24. The molecule has 0 spiro atoms. The lowest BCUT2D eigenvalue weighted by Crippen LogP contribution is -2.36. The predicted molar refractivity (Wildman–Crippen MR) is 41.2 cm³/mol. The maximum absolute atomic E-state index is 3.14. The van der Waals surface area contributed by atoms with Crippen LogP contribution in [0, 0.1) is 0 Å². The van der Waals surface area contributed by atoms with Crippen molar-refractivity contribution in [3.8, 4) is 0 Å². The van der Waals surface area contributed by atoms with Crippen molar-refractivity contribution in [2.24, 2.45) is 0 Å². The van der Waals surface area contributed by atoms with Crippen LogP contribution in [-0.4, -0.2) is 25.1 Å². The second-order valence-corrected chi connectivity index (χ2v) is 2.21. The van der Waals surface area contributed by atoms with Crippen LogP contribution in [0.1, 0.15) is 26.7 Å². The van der Waals surface area contributed by atoms with Gasteiger partial charge in [-0.05, 0) is 19.9 Å². The van der Waals surface area contributed by atoms with Crippen molar-refractivity contribution in [3.05, 3.63) is 0 Å². The summed E-state index contributed by atoms with van der Waals surface area (Å²) in [5.41, 5.74) is 3.14. The van der Waals surface area contributed by atoms with Gasteiger partial charge in [-0.25, -0.2) is 5.01 Å². The first-order valence-electron chi connectivity index (χ1n) is 3.77. The topological polar surface area (TPSA) is 15.3 Å². The van der Waals surface area contributed by atoms with E-state index in [9.17, 15) is 0 Å². The van der Waals surface area contributed by atoms with Crippen molar-refractivity contribution in [2.45, 2.75) is 26.7 Å². The number of hydrazine groups is 1. The van der Waals surface area contributed by atoms with Gasteiger partial charge in [-0.1, -0.05) is 13.8 Å². The van der Waals surface area contributed by atoms with Gasteiger partial charge in [0.05, 0.1) is 0 Å². The average Bonchev–Trinajstić information content (AvgIpc) is 1.88. The molecule has 0 aliphatic carbocycles. The van der Waals surface area contributed by atoms with Gasteiger partial charge in [-0.3, -0.25) is 5.43 Å². The first-order valence-corrected chi connectivity index (χ1v) is 3.77. The number of rotatable bonds is 5. The van der Waals surface area contributed by atoms with Gasteiger partial charge in [-0.15, -0.1) is 0 Å². The molecule has 2 heteroatoms. The molecular formula is C7H18N2. The Kier molecular flexibility index (Phi) is 5.99. The highest BCUT2D eigenvalue weighted by Gasteiger charge is 1.95. The monoisotopic (exact) mass is 130 g/mol. The second kappa shape index (κ2) is 6.05. The van der Waals surface area contributed by atoms with E-state index in [0.717, 1.165) is 13.1 Å². The Morgan fingerprint density at radius 2 is 1.56 bits per heavy atom. The number of hydrogen-bond donors (Lipinski definition) is 1. The lowest BCUT2D eigenvalue weighted by Gasteiger charge is -2.18. The molecule has 0 heterocycles. The summed E-state index contributed by atoms with van der Waals surface area (Å²) in [4.78, 5) is 0. The van der Waals surface area contributed by atoms with E-state index < -0.39 is 0 Å². The molecule has 9 heavy (non-hydrogen) atoms. The Balaban J connectivity index is 3.18. The third-order valence-electron chi connectivity index (χ3n) is 1.30. The molecule has 0 aliphatic heterocycles. The van der Waals surface area contributed by atoms with E-state index in [1.54, 1.807) is 0 Å². The molecule has 0 saturated carbocycles. The molecule has 0 rings (SSSR count). The largest absolute Gasteiger partial charge is 0.258 e. The van der Waals surface area contributed by atoms with Crippen LogP contribution in [0.25, 0.3) is 0 Å². The van der Waals surface area contributed by atoms with Crippen molar-refractivity contribution >= 4 is 0 Å². The molecule has 2 nitrogen and oxygen atoms in total. The fourth-order valence-electron chi connectivity index (χ4n) is 0.875. The van der Waals surface area contributed by atoms with Gasteiger partial charge in [0.15, 0.2) is 0 Å². The minimum Gasteiger partial charge on any atom is -0.258 e. The predicted octanol–water partition coefficient (Wildman–Crippen LogP) is 1.24. The van der Waals surface area contributed by atoms with E-state index in [-0.39, 0.29) is 0 Å². The molecule has 0 aromatic heterocycles. The SMILES string of the molecule is CCCN(CCC)NC. The summed E-state index contributed by atoms with van der Waals surface area (Å²) in [5.74, 6) is 0. The summed E-state index contributed by atoms with van der Waals surface area (Å²) < 4.78 is 0. The Bertz CT molecular complexity index is 48.9. The molecule has 0 aromatic rings. The number of hydrogen-bond acceptors (Lipinski definition) is 2. The smallest absolute Gasteiger partial charge is 0.0128 e. The van der Waals surface area contributed by atoms with Gasteiger partial charge in [0, 0.05) is 13.1 Å². The summed E-state index contributed by atoms with van der Waals surface area (Å²) in [6.07, 6.45) is 2.45. The molecule has 56 valence electrons. The van der Waals surface area contributed by atoms with Gasteiger partial charge in [-0.2, -0.15) is 0 Å². The van der Waals surface area contributed by atoms with Crippen LogP contribution < -0.4 is 5.43 Å². The standard InChI is InChI=1S/C7H18N2/c1-4-6-9(8-3)7-5-2/h8H,4-7H2,1-3H3. The first kappa shape index (κ1) is 8.92. The Labute approximate surface area is 58.2 Å². The molecule has 0 fully saturated rings. The van der Waals surface area contributed by atoms with Crippen LogP contribution in [0.2, 0.25) is 0 Å². The highest BCUT2D eigenvalue weighted by molar-refractivity contribution is 4.45. The molecule has 0 bridgehead atoms. The summed E-state index contributed by atoms with van der Waals surface area (Å²) in [6, 6.07) is 0. The number of nitrogens with one attached hydrogen (secondary N) is 1. The summed E-state index contributed by atoms with van der Waals surface area (Å²) >= 11 is 0. The highest BCUT2D eigenvalue weighted by atomic mass is 15.5. The number of nitrogens with zero attached hydrogens (tertiary/aromatic N) is 1. The van der Waals surface area contributed by atoms with E-state index in [4.69, 9.17) is 0 Å². The summed E-state index contributed by atoms with van der Waals surface area (Å²) in [7, 11) is 1.98. The lowest BCUT2D eigenvalue weighted by molar-refractivity contribution is 0.208. The average molecular weight is 130 g/mol. The Hall–Kier alpha value is -0.0800. The van der Waals surface area contributed by atoms with Gasteiger partial charge >= 0.3 is 0 Å². The van der Waals surface area contributed by atoms with Crippen molar-refractivity contribution in [1.82, 2.24) is 10.4 Å². The maximum atomic E-state index is 3.14. The molecule has 0 radical (unpaired) electrons. The zero-order valence-corrected chi connectivity index (χ0v) is 6.78. The Morgan fingerprint density at radius 3 is 1.78 bits per heavy atom. The Morgan fingerprint density at radius 1 is 1.11 bits per heavy atom. The minimum absolute atomic E-state index is 1.16. The van der Waals surface area contributed by atoms with Crippen LogP contribution >= 0.6 is 0 Å². The van der Waals surface area contributed by atoms with Crippen molar-refractivity contribution in [3.63, 3.8) is 0 Å². The fraction of sp³-hybridized carbons (Fsp3) is 1.00. The highest BCUT2D eigenvalue weighted by Crippen LogP contribution is 1.86. The van der Waals surface area contributed by atoms with E-state index >= 15 is 0 Å². The molecule has 0 unspecified atom stereocenters. The zero-order valence-electron chi connectivity index (χ0n) is 6.78. The molecular weight excluding hydrogens is 112 g/mol. The van der Waals surface area contributed by atoms with Crippen molar-refractivity contribution in [1.29, 1.82) is 0 Å². The molecule has 0 aliphatic rings. The van der Waals surface area contributed by atoms with E-state index in [0.29, 0.717) is 0 Å². The van der Waals surface area contributed by atoms with Crippen molar-refractivity contribution < 1.29 is 0 Å². The van der Waals surface area contributed by atoms with Gasteiger partial charge < -0.3 is 0 Å². The van der Waals surface area contributed by atoms with Crippen LogP contribution in [0.4, 0.5) is 0 Å². The van der Waals surface area contributed by atoms with E-state index in [1.165, 1.54) is 12.8 Å². The quantitative estimate of drug-likeness (QED) is 0.563. The van der Waals surface area contributed by atoms with Crippen LogP contribution in [0.15, 0.2) is 0 Å². The van der Waals surface area contributed by atoms with Crippen LogP contribution in [0.3, 0.4) is 0 Å². The lowest BCUT2D eigenvalue weighted by atomic mass is 10.4. The van der Waals surface area contributed by atoms with Crippen LogP contribution in [0.5, 0.6) is 0 Å². The van der Waals surface area contributed by atoms with Gasteiger partial charge in [0.25, 0.3) is 0 Å². The minimum atomic E-state index is 1.16. The van der Waals surface area contributed by atoms with Crippen molar-refractivity contribution in [2.75, 3.05) is 20.1 Å². The molecule has 0 atom stereocenters. The molecule has 0 saturated heterocycles. The first-order chi connectivity index (χ1) is 4.35.